The van der Waals surface area contributed by atoms with Crippen LogP contribution in [-0.4, -0.2) is 26.9 Å². The summed E-state index contributed by atoms with van der Waals surface area (Å²) < 4.78 is 2.08. The highest BCUT2D eigenvalue weighted by atomic mass is 16.2. The SMILES string of the molecule is C/C=C/C(=O)N1CCn2ccnc2C1. The molecule has 4 nitrogen and oxygen atoms in total. The first-order valence-electron chi connectivity index (χ1n) is 4.73. The lowest BCUT2D eigenvalue weighted by Gasteiger charge is -2.26. The quantitative estimate of drug-likeness (QED) is 0.616. The van der Waals surface area contributed by atoms with Crippen LogP contribution in [0.1, 0.15) is 12.7 Å². The first-order valence-corrected chi connectivity index (χ1v) is 4.73. The molecular formula is C10H13N3O. The Kier molecular flexibility index (Phi) is 2.35. The van der Waals surface area contributed by atoms with Crippen LogP contribution in [0.25, 0.3) is 0 Å². The molecule has 1 aromatic heterocycles. The number of nitrogens with zero attached hydrogens (tertiary/aromatic N) is 3. The van der Waals surface area contributed by atoms with Crippen LogP contribution in [0.3, 0.4) is 0 Å². The van der Waals surface area contributed by atoms with Gasteiger partial charge in [-0.2, -0.15) is 0 Å². The van der Waals surface area contributed by atoms with Gasteiger partial charge in [0.05, 0.1) is 6.54 Å². The number of allylic oxidation sites excluding steroid dienone is 1. The molecule has 0 aromatic carbocycles. The lowest BCUT2D eigenvalue weighted by atomic mass is 10.3. The van der Waals surface area contributed by atoms with Gasteiger partial charge in [-0.15, -0.1) is 0 Å². The van der Waals surface area contributed by atoms with Crippen LogP contribution in [0.5, 0.6) is 0 Å². The Morgan fingerprint density at radius 1 is 1.57 bits per heavy atom. The smallest absolute Gasteiger partial charge is 0.246 e. The maximum atomic E-state index is 11.5. The Balaban J connectivity index is 2.11. The Hall–Kier alpha value is -1.58. The number of carbonyl (C=O) groups is 1. The zero-order chi connectivity index (χ0) is 9.97. The molecule has 0 unspecified atom stereocenters. The van der Waals surface area contributed by atoms with E-state index >= 15 is 0 Å². The third kappa shape index (κ3) is 1.55. The van der Waals surface area contributed by atoms with E-state index in [0.717, 1.165) is 18.9 Å². The van der Waals surface area contributed by atoms with Gasteiger partial charge in [-0.1, -0.05) is 6.08 Å². The zero-order valence-corrected chi connectivity index (χ0v) is 8.18. The first-order chi connectivity index (χ1) is 6.81. The Morgan fingerprint density at radius 3 is 3.21 bits per heavy atom. The lowest BCUT2D eigenvalue weighted by molar-refractivity contribution is -0.127. The van der Waals surface area contributed by atoms with Crippen molar-refractivity contribution >= 4 is 5.91 Å². The number of aromatic nitrogens is 2. The Labute approximate surface area is 82.9 Å². The number of carbonyl (C=O) groups excluding carboxylic acids is 1. The third-order valence-electron chi connectivity index (χ3n) is 2.37. The average Bonchev–Trinajstić information content (AvgIpc) is 2.64. The molecular weight excluding hydrogens is 178 g/mol. The highest BCUT2D eigenvalue weighted by molar-refractivity contribution is 5.87. The number of hydrogen-bond donors (Lipinski definition) is 0. The largest absolute Gasteiger partial charge is 0.332 e. The van der Waals surface area contributed by atoms with Crippen molar-refractivity contribution in [3.8, 4) is 0 Å². The predicted octanol–water partition coefficient (Wildman–Crippen LogP) is 0.801. The molecule has 0 atom stereocenters. The van der Waals surface area contributed by atoms with Gasteiger partial charge in [-0.25, -0.2) is 4.98 Å². The van der Waals surface area contributed by atoms with Crippen molar-refractivity contribution in [1.82, 2.24) is 14.5 Å². The summed E-state index contributed by atoms with van der Waals surface area (Å²) in [6, 6.07) is 0. The Bertz CT molecular complexity index is 367. The van der Waals surface area contributed by atoms with Crippen molar-refractivity contribution in [1.29, 1.82) is 0 Å². The fourth-order valence-electron chi connectivity index (χ4n) is 1.61. The van der Waals surface area contributed by atoms with Gasteiger partial charge in [0.2, 0.25) is 5.91 Å². The lowest BCUT2D eigenvalue weighted by Crippen LogP contribution is -2.37. The summed E-state index contributed by atoms with van der Waals surface area (Å²) >= 11 is 0. The van der Waals surface area contributed by atoms with E-state index in [2.05, 4.69) is 9.55 Å². The summed E-state index contributed by atoms with van der Waals surface area (Å²) in [5, 5.41) is 0. The molecule has 1 aliphatic rings. The van der Waals surface area contributed by atoms with Crippen LogP contribution in [0.2, 0.25) is 0 Å². The highest BCUT2D eigenvalue weighted by Gasteiger charge is 2.18. The number of rotatable bonds is 1. The van der Waals surface area contributed by atoms with Crippen LogP contribution in [0.4, 0.5) is 0 Å². The minimum absolute atomic E-state index is 0.0711. The third-order valence-corrected chi connectivity index (χ3v) is 2.37. The molecule has 2 rings (SSSR count). The van der Waals surface area contributed by atoms with Crippen LogP contribution in [-0.2, 0) is 17.9 Å². The van der Waals surface area contributed by atoms with Crippen molar-refractivity contribution < 1.29 is 4.79 Å². The molecule has 0 N–H and O–H groups in total. The second-order valence-corrected chi connectivity index (χ2v) is 3.30. The fourth-order valence-corrected chi connectivity index (χ4v) is 1.61. The van der Waals surface area contributed by atoms with Gasteiger partial charge in [-0.05, 0) is 13.0 Å². The second kappa shape index (κ2) is 3.65. The van der Waals surface area contributed by atoms with Crippen molar-refractivity contribution in [2.75, 3.05) is 6.54 Å². The van der Waals surface area contributed by atoms with Crippen LogP contribution in [0.15, 0.2) is 24.5 Å². The van der Waals surface area contributed by atoms with E-state index in [1.807, 2.05) is 18.0 Å². The van der Waals surface area contributed by atoms with Crippen molar-refractivity contribution in [3.63, 3.8) is 0 Å². The summed E-state index contributed by atoms with van der Waals surface area (Å²) in [6.45, 7) is 4.09. The van der Waals surface area contributed by atoms with Crippen molar-refractivity contribution in [2.24, 2.45) is 0 Å². The van der Waals surface area contributed by atoms with Crippen molar-refractivity contribution in [3.05, 3.63) is 30.4 Å². The molecule has 0 fully saturated rings. The van der Waals surface area contributed by atoms with E-state index in [1.165, 1.54) is 0 Å². The average molecular weight is 191 g/mol. The molecule has 74 valence electrons. The summed E-state index contributed by atoms with van der Waals surface area (Å²) in [4.78, 5) is 17.5. The van der Waals surface area contributed by atoms with Gasteiger partial charge >= 0.3 is 0 Å². The zero-order valence-electron chi connectivity index (χ0n) is 8.18. The van der Waals surface area contributed by atoms with E-state index in [9.17, 15) is 4.79 Å². The van der Waals surface area contributed by atoms with E-state index in [4.69, 9.17) is 0 Å². The monoisotopic (exact) mass is 191 g/mol. The molecule has 1 amide bonds. The maximum Gasteiger partial charge on any atom is 0.246 e. The number of imidazole rings is 1. The summed E-state index contributed by atoms with van der Waals surface area (Å²) in [6.07, 6.45) is 7.09. The predicted molar refractivity (Wildman–Crippen MR) is 52.5 cm³/mol. The minimum Gasteiger partial charge on any atom is -0.332 e. The maximum absolute atomic E-state index is 11.5. The topological polar surface area (TPSA) is 38.1 Å². The van der Waals surface area contributed by atoms with Crippen LogP contribution < -0.4 is 0 Å². The molecule has 1 aromatic rings. The summed E-state index contributed by atoms with van der Waals surface area (Å²) in [7, 11) is 0. The van der Waals surface area contributed by atoms with E-state index in [0.29, 0.717) is 6.54 Å². The van der Waals surface area contributed by atoms with Gasteiger partial charge in [0.15, 0.2) is 0 Å². The number of hydrogen-bond acceptors (Lipinski definition) is 2. The van der Waals surface area contributed by atoms with E-state index in [-0.39, 0.29) is 5.91 Å². The van der Waals surface area contributed by atoms with E-state index in [1.54, 1.807) is 18.3 Å². The number of fused-ring (bicyclic) bond motifs is 1. The molecule has 14 heavy (non-hydrogen) atoms. The second-order valence-electron chi connectivity index (χ2n) is 3.30. The Morgan fingerprint density at radius 2 is 2.43 bits per heavy atom. The first kappa shape index (κ1) is 8.99. The standard InChI is InChI=1S/C10H13N3O/c1-2-3-10(14)13-7-6-12-5-4-11-9(12)8-13/h2-5H,6-8H2,1H3/b3-2+. The summed E-state index contributed by atoms with van der Waals surface area (Å²) in [5.74, 6) is 1.04. The highest BCUT2D eigenvalue weighted by Crippen LogP contribution is 2.10. The molecule has 0 bridgehead atoms. The van der Waals surface area contributed by atoms with Crippen LogP contribution in [0, 0.1) is 0 Å². The van der Waals surface area contributed by atoms with Gasteiger partial charge in [0.25, 0.3) is 0 Å². The molecule has 1 aliphatic heterocycles. The normalized spacial score (nSPS) is 15.9. The van der Waals surface area contributed by atoms with Gasteiger partial charge in [0, 0.05) is 25.5 Å². The van der Waals surface area contributed by atoms with Crippen molar-refractivity contribution in [2.45, 2.75) is 20.0 Å². The molecule has 0 saturated carbocycles. The molecule has 4 heteroatoms. The van der Waals surface area contributed by atoms with Gasteiger partial charge in [0.1, 0.15) is 5.82 Å². The van der Waals surface area contributed by atoms with Gasteiger partial charge in [-0.3, -0.25) is 4.79 Å². The molecule has 0 saturated heterocycles. The molecule has 2 heterocycles. The summed E-state index contributed by atoms with van der Waals surface area (Å²) in [5.41, 5.74) is 0. The minimum atomic E-state index is 0.0711. The van der Waals surface area contributed by atoms with Crippen LogP contribution >= 0.6 is 0 Å². The molecule has 0 spiro atoms. The fraction of sp³-hybridized carbons (Fsp3) is 0.400. The molecule has 0 radical (unpaired) electrons. The molecule has 0 aliphatic carbocycles. The van der Waals surface area contributed by atoms with Gasteiger partial charge < -0.3 is 9.47 Å². The number of amides is 1. The van der Waals surface area contributed by atoms with E-state index < -0.39 is 0 Å².